The SMILES string of the molecule is CCOC(=O)CN(C)C(N)=NC(=O)Nc1cccc(F)c1. The first-order chi connectivity index (χ1) is 9.92. The van der Waals surface area contributed by atoms with E-state index in [1.54, 1.807) is 6.92 Å². The third kappa shape index (κ3) is 5.89. The number of ether oxygens (including phenoxy) is 1. The highest BCUT2D eigenvalue weighted by Gasteiger charge is 2.11. The van der Waals surface area contributed by atoms with Crippen LogP contribution in [-0.4, -0.2) is 43.1 Å². The zero-order valence-corrected chi connectivity index (χ0v) is 11.8. The van der Waals surface area contributed by atoms with Gasteiger partial charge in [-0.05, 0) is 25.1 Å². The number of anilines is 1. The number of amides is 2. The van der Waals surface area contributed by atoms with E-state index in [1.807, 2.05) is 0 Å². The molecule has 114 valence electrons. The number of carbonyl (C=O) groups excluding carboxylic acids is 2. The first-order valence-electron chi connectivity index (χ1n) is 6.19. The van der Waals surface area contributed by atoms with E-state index in [1.165, 1.54) is 30.1 Å². The maximum absolute atomic E-state index is 13.0. The summed E-state index contributed by atoms with van der Waals surface area (Å²) < 4.78 is 17.7. The van der Waals surface area contributed by atoms with Gasteiger partial charge < -0.3 is 20.7 Å². The number of aliphatic imine (C=N–C) groups is 1. The first kappa shape index (κ1) is 16.4. The maximum Gasteiger partial charge on any atom is 0.348 e. The summed E-state index contributed by atoms with van der Waals surface area (Å²) in [5, 5.41) is 2.36. The van der Waals surface area contributed by atoms with Gasteiger partial charge in [0.05, 0.1) is 6.61 Å². The lowest BCUT2D eigenvalue weighted by molar-refractivity contribution is -0.143. The van der Waals surface area contributed by atoms with Crippen LogP contribution in [0.5, 0.6) is 0 Å². The number of nitrogens with two attached hydrogens (primary N) is 1. The van der Waals surface area contributed by atoms with Gasteiger partial charge in [-0.25, -0.2) is 9.18 Å². The van der Waals surface area contributed by atoms with E-state index >= 15 is 0 Å². The fraction of sp³-hybridized carbons (Fsp3) is 0.308. The van der Waals surface area contributed by atoms with Crippen LogP contribution in [0, 0.1) is 5.82 Å². The van der Waals surface area contributed by atoms with Crippen LogP contribution in [0.15, 0.2) is 29.3 Å². The largest absolute Gasteiger partial charge is 0.465 e. The first-order valence-corrected chi connectivity index (χ1v) is 6.19. The molecule has 2 amide bonds. The summed E-state index contributed by atoms with van der Waals surface area (Å²) in [7, 11) is 1.49. The minimum atomic E-state index is -0.770. The van der Waals surface area contributed by atoms with Crippen molar-refractivity contribution in [3.63, 3.8) is 0 Å². The molecule has 1 rings (SSSR count). The molecule has 0 radical (unpaired) electrons. The number of hydrogen-bond acceptors (Lipinski definition) is 3. The van der Waals surface area contributed by atoms with Crippen LogP contribution in [0.1, 0.15) is 6.92 Å². The Kier molecular flexibility index (Phi) is 6.12. The summed E-state index contributed by atoms with van der Waals surface area (Å²) in [5.74, 6) is -1.12. The second-order valence-electron chi connectivity index (χ2n) is 4.07. The topological polar surface area (TPSA) is 97.0 Å². The number of urea groups is 1. The number of carbonyl (C=O) groups is 2. The molecular formula is C13H17FN4O3. The Bertz CT molecular complexity index is 548. The van der Waals surface area contributed by atoms with E-state index in [-0.39, 0.29) is 24.8 Å². The molecule has 0 bridgehead atoms. The molecule has 0 atom stereocenters. The van der Waals surface area contributed by atoms with Crippen molar-refractivity contribution in [2.75, 3.05) is 25.5 Å². The molecule has 1 aromatic carbocycles. The van der Waals surface area contributed by atoms with Gasteiger partial charge in [-0.1, -0.05) is 6.07 Å². The maximum atomic E-state index is 13.0. The fourth-order valence-electron chi connectivity index (χ4n) is 1.39. The van der Waals surface area contributed by atoms with Crippen LogP contribution < -0.4 is 11.1 Å². The van der Waals surface area contributed by atoms with Crippen LogP contribution >= 0.6 is 0 Å². The van der Waals surface area contributed by atoms with Crippen LogP contribution in [0.3, 0.4) is 0 Å². The summed E-state index contributed by atoms with van der Waals surface area (Å²) in [5.41, 5.74) is 5.83. The lowest BCUT2D eigenvalue weighted by Gasteiger charge is -2.16. The molecule has 0 aromatic heterocycles. The van der Waals surface area contributed by atoms with E-state index in [0.29, 0.717) is 0 Å². The Morgan fingerprint density at radius 2 is 2.19 bits per heavy atom. The second kappa shape index (κ2) is 7.83. The van der Waals surface area contributed by atoms with Crippen molar-refractivity contribution in [1.29, 1.82) is 0 Å². The third-order valence-corrected chi connectivity index (χ3v) is 2.35. The molecule has 0 saturated carbocycles. The van der Waals surface area contributed by atoms with Gasteiger partial charge in [-0.2, -0.15) is 4.99 Å². The summed E-state index contributed by atoms with van der Waals surface area (Å²) >= 11 is 0. The normalized spacial score (nSPS) is 10.9. The quantitative estimate of drug-likeness (QED) is 0.494. The molecule has 0 unspecified atom stereocenters. The zero-order valence-electron chi connectivity index (χ0n) is 11.8. The van der Waals surface area contributed by atoms with Crippen LogP contribution in [-0.2, 0) is 9.53 Å². The molecule has 1 aromatic rings. The van der Waals surface area contributed by atoms with Gasteiger partial charge in [-0.15, -0.1) is 0 Å². The molecule has 0 aliphatic carbocycles. The van der Waals surface area contributed by atoms with Crippen molar-refractivity contribution in [2.45, 2.75) is 6.92 Å². The molecular weight excluding hydrogens is 279 g/mol. The number of nitrogens with zero attached hydrogens (tertiary/aromatic N) is 2. The number of rotatable bonds is 4. The molecule has 0 spiro atoms. The van der Waals surface area contributed by atoms with Crippen molar-refractivity contribution in [2.24, 2.45) is 10.7 Å². The van der Waals surface area contributed by atoms with Crippen molar-refractivity contribution >= 4 is 23.6 Å². The molecule has 7 nitrogen and oxygen atoms in total. The highest BCUT2D eigenvalue weighted by molar-refractivity contribution is 5.99. The molecule has 8 heteroatoms. The smallest absolute Gasteiger partial charge is 0.348 e. The van der Waals surface area contributed by atoms with Crippen LogP contribution in [0.2, 0.25) is 0 Å². The molecule has 0 fully saturated rings. The Labute approximate surface area is 121 Å². The minimum absolute atomic E-state index is 0.129. The van der Waals surface area contributed by atoms with E-state index in [2.05, 4.69) is 10.3 Å². The highest BCUT2D eigenvalue weighted by Crippen LogP contribution is 2.09. The lowest BCUT2D eigenvalue weighted by Crippen LogP contribution is -2.39. The van der Waals surface area contributed by atoms with Crippen molar-refractivity contribution < 1.29 is 18.7 Å². The molecule has 21 heavy (non-hydrogen) atoms. The number of esters is 1. The Morgan fingerprint density at radius 3 is 2.81 bits per heavy atom. The third-order valence-electron chi connectivity index (χ3n) is 2.35. The van der Waals surface area contributed by atoms with E-state index in [9.17, 15) is 14.0 Å². The minimum Gasteiger partial charge on any atom is -0.465 e. The highest BCUT2D eigenvalue weighted by atomic mass is 19.1. The number of hydrogen-bond donors (Lipinski definition) is 2. The molecule has 0 aliphatic rings. The van der Waals surface area contributed by atoms with E-state index < -0.39 is 17.8 Å². The monoisotopic (exact) mass is 296 g/mol. The molecule has 0 saturated heterocycles. The van der Waals surface area contributed by atoms with Crippen molar-refractivity contribution in [3.8, 4) is 0 Å². The Balaban J connectivity index is 2.60. The van der Waals surface area contributed by atoms with Gasteiger partial charge in [0.1, 0.15) is 12.4 Å². The van der Waals surface area contributed by atoms with Crippen molar-refractivity contribution in [1.82, 2.24) is 4.90 Å². The average Bonchev–Trinajstić information content (AvgIpc) is 2.38. The Hall–Kier alpha value is -2.64. The summed E-state index contributed by atoms with van der Waals surface area (Å²) in [4.78, 5) is 27.7. The second-order valence-corrected chi connectivity index (χ2v) is 4.07. The average molecular weight is 296 g/mol. The van der Waals surface area contributed by atoms with Gasteiger partial charge in [0.15, 0.2) is 0 Å². The zero-order chi connectivity index (χ0) is 15.8. The van der Waals surface area contributed by atoms with Gasteiger partial charge in [0, 0.05) is 12.7 Å². The number of benzene rings is 1. The van der Waals surface area contributed by atoms with E-state index in [4.69, 9.17) is 10.5 Å². The summed E-state index contributed by atoms with van der Waals surface area (Å²) in [6, 6.07) is 4.58. The number of likely N-dealkylation sites (N-methyl/N-ethyl adjacent to an activating group) is 1. The molecule has 0 aliphatic heterocycles. The summed E-state index contributed by atoms with van der Waals surface area (Å²) in [6.45, 7) is 1.81. The number of nitrogens with one attached hydrogen (secondary N) is 1. The number of halogens is 1. The van der Waals surface area contributed by atoms with Crippen molar-refractivity contribution in [3.05, 3.63) is 30.1 Å². The summed E-state index contributed by atoms with van der Waals surface area (Å²) in [6.07, 6.45) is 0. The number of guanidine groups is 1. The standard InChI is InChI=1S/C13H17FN4O3/c1-3-21-11(19)8-18(2)12(15)17-13(20)16-10-6-4-5-9(14)7-10/h4-7H,3,8H2,1-2H3,(H3,15,16,17,20). The molecule has 0 heterocycles. The fourth-order valence-corrected chi connectivity index (χ4v) is 1.39. The predicted molar refractivity (Wildman–Crippen MR) is 76.3 cm³/mol. The van der Waals surface area contributed by atoms with Gasteiger partial charge in [0.2, 0.25) is 5.96 Å². The van der Waals surface area contributed by atoms with Gasteiger partial charge in [0.25, 0.3) is 0 Å². The predicted octanol–water partition coefficient (Wildman–Crippen LogP) is 1.17. The van der Waals surface area contributed by atoms with Gasteiger partial charge >= 0.3 is 12.0 Å². The molecule has 3 N–H and O–H groups in total. The van der Waals surface area contributed by atoms with Crippen LogP contribution in [0.25, 0.3) is 0 Å². The Morgan fingerprint density at radius 1 is 1.48 bits per heavy atom. The van der Waals surface area contributed by atoms with E-state index in [0.717, 1.165) is 6.07 Å². The van der Waals surface area contributed by atoms with Gasteiger partial charge in [-0.3, -0.25) is 4.79 Å². The van der Waals surface area contributed by atoms with Crippen LogP contribution in [0.4, 0.5) is 14.9 Å². The lowest BCUT2D eigenvalue weighted by atomic mass is 10.3.